The van der Waals surface area contributed by atoms with Gasteiger partial charge in [-0.2, -0.15) is 0 Å². The number of nitrogens with two attached hydrogens (primary N) is 2. The molecular weight excluding hydrogens is 236 g/mol. The van der Waals surface area contributed by atoms with Crippen LogP contribution in [0.25, 0.3) is 10.9 Å². The fourth-order valence-corrected chi connectivity index (χ4v) is 2.01. The van der Waals surface area contributed by atoms with Gasteiger partial charge in [-0.15, -0.1) is 0 Å². The number of aromatic nitrogens is 1. The maximum Gasteiger partial charge on any atom is 0.0936 e. The monoisotopic (exact) mass is 250 g/mol. The summed E-state index contributed by atoms with van der Waals surface area (Å²) >= 11 is 0. The summed E-state index contributed by atoms with van der Waals surface area (Å²) in [6.45, 7) is 0. The summed E-state index contributed by atoms with van der Waals surface area (Å²) < 4.78 is 0. The molecule has 0 saturated heterocycles. The van der Waals surface area contributed by atoms with Crippen LogP contribution < -0.4 is 16.8 Å². The molecule has 5 N–H and O–H groups in total. The molecule has 0 bridgehead atoms. The smallest absolute Gasteiger partial charge is 0.0936 e. The van der Waals surface area contributed by atoms with E-state index in [-0.39, 0.29) is 0 Å². The summed E-state index contributed by atoms with van der Waals surface area (Å²) in [6, 6.07) is 15.5. The van der Waals surface area contributed by atoms with Gasteiger partial charge in [-0.3, -0.25) is 4.98 Å². The van der Waals surface area contributed by atoms with Crippen LogP contribution in [-0.2, 0) is 0 Å². The number of hydrogen-bond donors (Lipinski definition) is 3. The van der Waals surface area contributed by atoms with Crippen molar-refractivity contribution in [2.24, 2.45) is 0 Å². The molecule has 1 heterocycles. The highest BCUT2D eigenvalue weighted by molar-refractivity contribution is 5.92. The van der Waals surface area contributed by atoms with Gasteiger partial charge in [0.15, 0.2) is 0 Å². The number of benzene rings is 2. The van der Waals surface area contributed by atoms with Gasteiger partial charge in [0.2, 0.25) is 0 Å². The van der Waals surface area contributed by atoms with Gasteiger partial charge in [-0.1, -0.05) is 18.2 Å². The SMILES string of the molecule is Nc1ccc(Nc2cccc3cccnc23)cc1N. The zero-order chi connectivity index (χ0) is 13.2. The van der Waals surface area contributed by atoms with Gasteiger partial charge in [0.1, 0.15) is 0 Å². The van der Waals surface area contributed by atoms with E-state index in [9.17, 15) is 0 Å². The third-order valence-corrected chi connectivity index (χ3v) is 3.00. The van der Waals surface area contributed by atoms with Gasteiger partial charge < -0.3 is 16.8 Å². The fraction of sp³-hybridized carbons (Fsp3) is 0. The summed E-state index contributed by atoms with van der Waals surface area (Å²) in [6.07, 6.45) is 1.78. The van der Waals surface area contributed by atoms with Crippen LogP contribution in [0.15, 0.2) is 54.7 Å². The number of fused-ring (bicyclic) bond motifs is 1. The van der Waals surface area contributed by atoms with Gasteiger partial charge >= 0.3 is 0 Å². The van der Waals surface area contributed by atoms with Crippen LogP contribution in [0.5, 0.6) is 0 Å². The Hall–Kier alpha value is -2.75. The van der Waals surface area contributed by atoms with E-state index in [4.69, 9.17) is 11.5 Å². The van der Waals surface area contributed by atoms with E-state index < -0.39 is 0 Å². The molecule has 0 radical (unpaired) electrons. The van der Waals surface area contributed by atoms with Crippen LogP contribution in [0.1, 0.15) is 0 Å². The summed E-state index contributed by atoms with van der Waals surface area (Å²) in [4.78, 5) is 4.40. The second-order valence-corrected chi connectivity index (χ2v) is 4.35. The highest BCUT2D eigenvalue weighted by atomic mass is 14.9. The van der Waals surface area contributed by atoms with E-state index in [2.05, 4.69) is 10.3 Å². The lowest BCUT2D eigenvalue weighted by atomic mass is 10.2. The Labute approximate surface area is 111 Å². The Morgan fingerprint density at radius 2 is 1.74 bits per heavy atom. The maximum atomic E-state index is 5.81. The number of hydrogen-bond acceptors (Lipinski definition) is 4. The first-order chi connectivity index (χ1) is 9.24. The third-order valence-electron chi connectivity index (χ3n) is 3.00. The van der Waals surface area contributed by atoms with Crippen LogP contribution in [-0.4, -0.2) is 4.98 Å². The van der Waals surface area contributed by atoms with Gasteiger partial charge in [-0.05, 0) is 30.3 Å². The summed E-state index contributed by atoms with van der Waals surface area (Å²) in [7, 11) is 0. The zero-order valence-electron chi connectivity index (χ0n) is 10.3. The van der Waals surface area contributed by atoms with Gasteiger partial charge in [0.05, 0.1) is 22.6 Å². The number of nitrogens with one attached hydrogen (secondary N) is 1. The van der Waals surface area contributed by atoms with Crippen LogP contribution in [0.3, 0.4) is 0 Å². The topological polar surface area (TPSA) is 77.0 Å². The lowest BCUT2D eigenvalue weighted by Gasteiger charge is -2.10. The number of para-hydroxylation sites is 1. The molecule has 0 saturated carbocycles. The normalized spacial score (nSPS) is 10.5. The number of nitrogen functional groups attached to an aromatic ring is 2. The Kier molecular flexibility index (Phi) is 2.68. The molecule has 4 heteroatoms. The minimum absolute atomic E-state index is 0.568. The Balaban J connectivity index is 2.03. The molecule has 4 nitrogen and oxygen atoms in total. The van der Waals surface area contributed by atoms with Crippen molar-refractivity contribution in [3.63, 3.8) is 0 Å². The van der Waals surface area contributed by atoms with Crippen LogP contribution in [0.2, 0.25) is 0 Å². The average molecular weight is 250 g/mol. The Morgan fingerprint density at radius 3 is 2.58 bits per heavy atom. The van der Waals surface area contributed by atoms with E-state index in [0.717, 1.165) is 22.3 Å². The molecule has 0 unspecified atom stereocenters. The summed E-state index contributed by atoms with van der Waals surface area (Å²) in [5.74, 6) is 0. The second-order valence-electron chi connectivity index (χ2n) is 4.35. The average Bonchev–Trinajstić information content (AvgIpc) is 2.43. The van der Waals surface area contributed by atoms with Crippen LogP contribution >= 0.6 is 0 Å². The molecule has 0 aliphatic heterocycles. The minimum atomic E-state index is 0.568. The van der Waals surface area contributed by atoms with Crippen LogP contribution in [0.4, 0.5) is 22.7 Å². The predicted molar refractivity (Wildman–Crippen MR) is 80.3 cm³/mol. The van der Waals surface area contributed by atoms with Gasteiger partial charge in [0.25, 0.3) is 0 Å². The maximum absolute atomic E-state index is 5.81. The van der Waals surface area contributed by atoms with Crippen molar-refractivity contribution in [3.8, 4) is 0 Å². The van der Waals surface area contributed by atoms with Gasteiger partial charge in [-0.25, -0.2) is 0 Å². The molecule has 0 spiro atoms. The standard InChI is InChI=1S/C15H14N4/c16-12-7-6-11(9-13(12)17)19-14-5-1-3-10-4-2-8-18-15(10)14/h1-9,19H,16-17H2. The molecule has 94 valence electrons. The van der Waals surface area contributed by atoms with Crippen molar-refractivity contribution >= 4 is 33.7 Å². The van der Waals surface area contributed by atoms with E-state index in [0.29, 0.717) is 11.4 Å². The largest absolute Gasteiger partial charge is 0.397 e. The van der Waals surface area contributed by atoms with Crippen molar-refractivity contribution in [3.05, 3.63) is 54.7 Å². The molecule has 3 aromatic rings. The van der Waals surface area contributed by atoms with Crippen molar-refractivity contribution < 1.29 is 0 Å². The Morgan fingerprint density at radius 1 is 0.895 bits per heavy atom. The zero-order valence-corrected chi connectivity index (χ0v) is 10.3. The van der Waals surface area contributed by atoms with E-state index in [1.54, 1.807) is 12.3 Å². The fourth-order valence-electron chi connectivity index (χ4n) is 2.01. The second kappa shape index (κ2) is 4.49. The summed E-state index contributed by atoms with van der Waals surface area (Å²) in [5.41, 5.74) is 15.4. The highest BCUT2D eigenvalue weighted by Gasteiger charge is 2.03. The van der Waals surface area contributed by atoms with E-state index >= 15 is 0 Å². The van der Waals surface area contributed by atoms with Crippen molar-refractivity contribution in [1.29, 1.82) is 0 Å². The lowest BCUT2D eigenvalue weighted by Crippen LogP contribution is -1.97. The minimum Gasteiger partial charge on any atom is -0.397 e. The lowest BCUT2D eigenvalue weighted by molar-refractivity contribution is 1.40. The van der Waals surface area contributed by atoms with E-state index in [1.165, 1.54) is 0 Å². The predicted octanol–water partition coefficient (Wildman–Crippen LogP) is 3.14. The Bertz CT molecular complexity index is 732. The quantitative estimate of drug-likeness (QED) is 0.611. The van der Waals surface area contributed by atoms with Crippen molar-refractivity contribution in [1.82, 2.24) is 4.98 Å². The molecule has 1 aromatic heterocycles. The number of nitrogens with zero attached hydrogens (tertiary/aromatic N) is 1. The molecule has 2 aromatic carbocycles. The number of anilines is 4. The summed E-state index contributed by atoms with van der Waals surface area (Å²) in [5, 5.41) is 4.41. The molecular formula is C15H14N4. The molecule has 0 amide bonds. The first-order valence-electron chi connectivity index (χ1n) is 6.00. The van der Waals surface area contributed by atoms with Crippen LogP contribution in [0, 0.1) is 0 Å². The number of pyridine rings is 1. The number of rotatable bonds is 2. The molecule has 0 atom stereocenters. The third kappa shape index (κ3) is 2.15. The van der Waals surface area contributed by atoms with Crippen molar-refractivity contribution in [2.75, 3.05) is 16.8 Å². The first kappa shape index (κ1) is 11.3. The molecule has 3 rings (SSSR count). The molecule has 19 heavy (non-hydrogen) atoms. The highest BCUT2D eigenvalue weighted by Crippen LogP contribution is 2.27. The molecule has 0 fully saturated rings. The van der Waals surface area contributed by atoms with E-state index in [1.807, 2.05) is 42.5 Å². The van der Waals surface area contributed by atoms with Gasteiger partial charge in [0, 0.05) is 17.3 Å². The molecule has 0 aliphatic rings. The first-order valence-corrected chi connectivity index (χ1v) is 6.00. The molecule has 0 aliphatic carbocycles. The van der Waals surface area contributed by atoms with Crippen molar-refractivity contribution in [2.45, 2.75) is 0 Å².